The van der Waals surface area contributed by atoms with Gasteiger partial charge in [0.05, 0.1) is 0 Å². The molecule has 1 aliphatic carbocycles. The summed E-state index contributed by atoms with van der Waals surface area (Å²) in [5.41, 5.74) is -0.652. The maximum absolute atomic E-state index is 13.9. The number of fused-ring (bicyclic) bond motifs is 1. The van der Waals surface area contributed by atoms with Gasteiger partial charge in [-0.2, -0.15) is 4.31 Å². The molecule has 1 fully saturated rings. The molecule has 2 aromatic rings. The quantitative estimate of drug-likeness (QED) is 0.671. The van der Waals surface area contributed by atoms with E-state index in [9.17, 15) is 18.0 Å². The molecule has 32 heavy (non-hydrogen) atoms. The number of nitrogens with zero attached hydrogens (tertiary/aromatic N) is 3. The summed E-state index contributed by atoms with van der Waals surface area (Å²) in [6, 6.07) is 5.09. The van der Waals surface area contributed by atoms with Gasteiger partial charge in [0, 0.05) is 32.9 Å². The first-order valence-electron chi connectivity index (χ1n) is 10.8. The van der Waals surface area contributed by atoms with Gasteiger partial charge < -0.3 is 14.0 Å². The molecule has 0 bridgehead atoms. The van der Waals surface area contributed by atoms with Crippen molar-refractivity contribution in [3.05, 3.63) is 50.8 Å². The van der Waals surface area contributed by atoms with Crippen molar-refractivity contribution in [3.8, 4) is 11.5 Å². The van der Waals surface area contributed by atoms with Crippen molar-refractivity contribution in [2.75, 3.05) is 6.79 Å². The fourth-order valence-electron chi connectivity index (χ4n) is 4.64. The lowest BCUT2D eigenvalue weighted by molar-refractivity contribution is 0.138. The van der Waals surface area contributed by atoms with Crippen LogP contribution in [0, 0.1) is 11.8 Å². The van der Waals surface area contributed by atoms with E-state index in [1.807, 2.05) is 6.07 Å². The Labute approximate surface area is 187 Å². The van der Waals surface area contributed by atoms with E-state index in [4.69, 9.17) is 9.47 Å². The Morgan fingerprint density at radius 1 is 1.09 bits per heavy atom. The highest BCUT2D eigenvalue weighted by atomic mass is 32.2. The van der Waals surface area contributed by atoms with Crippen LogP contribution >= 0.6 is 0 Å². The second-order valence-electron chi connectivity index (χ2n) is 8.82. The third-order valence-corrected chi connectivity index (χ3v) is 8.66. The molecular formula is C22H29N3O6S. The molecule has 0 radical (unpaired) electrons. The second kappa shape index (κ2) is 8.40. The Kier molecular flexibility index (Phi) is 5.93. The van der Waals surface area contributed by atoms with E-state index in [1.54, 1.807) is 12.1 Å². The average molecular weight is 464 g/mol. The molecule has 0 saturated heterocycles. The van der Waals surface area contributed by atoms with Crippen LogP contribution in [0.3, 0.4) is 0 Å². The first kappa shape index (κ1) is 22.6. The SMILES string of the molecule is C[C@@H]1[C@H](C)CCC[C@@H]1N(Cc1ccc2c(c1)OCO2)S(=O)(=O)c1cn(C)c(=O)n(C)c1=O. The zero-order chi connectivity index (χ0) is 23.2. The van der Waals surface area contributed by atoms with Crippen molar-refractivity contribution in [1.29, 1.82) is 0 Å². The van der Waals surface area contributed by atoms with Crippen LogP contribution in [-0.2, 0) is 30.7 Å². The van der Waals surface area contributed by atoms with E-state index in [-0.39, 0.29) is 25.3 Å². The molecule has 0 amide bonds. The Balaban J connectivity index is 1.82. The zero-order valence-corrected chi connectivity index (χ0v) is 19.6. The summed E-state index contributed by atoms with van der Waals surface area (Å²) in [5, 5.41) is 0. The van der Waals surface area contributed by atoms with Crippen LogP contribution in [0.4, 0.5) is 0 Å². The minimum Gasteiger partial charge on any atom is -0.454 e. The van der Waals surface area contributed by atoms with Crippen molar-refractivity contribution < 1.29 is 17.9 Å². The summed E-state index contributed by atoms with van der Waals surface area (Å²) in [6.45, 7) is 4.42. The molecular weight excluding hydrogens is 434 g/mol. The topological polar surface area (TPSA) is 99.8 Å². The lowest BCUT2D eigenvalue weighted by atomic mass is 9.78. The number of aryl methyl sites for hydroxylation is 1. The number of hydrogen-bond acceptors (Lipinski definition) is 6. The van der Waals surface area contributed by atoms with E-state index in [0.717, 1.165) is 33.7 Å². The van der Waals surface area contributed by atoms with Crippen LogP contribution in [0.15, 0.2) is 38.9 Å². The Morgan fingerprint density at radius 2 is 1.81 bits per heavy atom. The van der Waals surface area contributed by atoms with E-state index in [1.165, 1.54) is 18.4 Å². The van der Waals surface area contributed by atoms with Crippen LogP contribution < -0.4 is 20.7 Å². The second-order valence-corrected chi connectivity index (χ2v) is 10.7. The van der Waals surface area contributed by atoms with Crippen molar-refractivity contribution in [2.24, 2.45) is 25.9 Å². The van der Waals surface area contributed by atoms with E-state index in [2.05, 4.69) is 13.8 Å². The molecule has 174 valence electrons. The molecule has 0 spiro atoms. The van der Waals surface area contributed by atoms with Gasteiger partial charge in [-0.05, 0) is 36.0 Å². The highest BCUT2D eigenvalue weighted by Crippen LogP contribution is 2.37. The minimum atomic E-state index is -4.19. The number of benzene rings is 1. The van der Waals surface area contributed by atoms with Gasteiger partial charge in [0.2, 0.25) is 6.79 Å². The van der Waals surface area contributed by atoms with E-state index < -0.39 is 26.2 Å². The predicted molar refractivity (Wildman–Crippen MR) is 118 cm³/mol. The number of ether oxygens (including phenoxy) is 2. The summed E-state index contributed by atoms with van der Waals surface area (Å²) in [7, 11) is -1.47. The molecule has 1 aromatic carbocycles. The maximum Gasteiger partial charge on any atom is 0.330 e. The van der Waals surface area contributed by atoms with Gasteiger partial charge in [-0.1, -0.05) is 32.8 Å². The number of aromatic nitrogens is 2. The predicted octanol–water partition coefficient (Wildman–Crippen LogP) is 1.83. The maximum atomic E-state index is 13.9. The molecule has 10 heteroatoms. The highest BCUT2D eigenvalue weighted by molar-refractivity contribution is 7.89. The van der Waals surface area contributed by atoms with Gasteiger partial charge in [0.25, 0.3) is 15.6 Å². The monoisotopic (exact) mass is 463 g/mol. The third kappa shape index (κ3) is 3.86. The molecule has 1 aromatic heterocycles. The fourth-order valence-corrected chi connectivity index (χ4v) is 6.51. The fraction of sp³-hybridized carbons (Fsp3) is 0.545. The lowest BCUT2D eigenvalue weighted by Crippen LogP contribution is -2.49. The van der Waals surface area contributed by atoms with Gasteiger partial charge in [-0.3, -0.25) is 9.36 Å². The average Bonchev–Trinajstić information content (AvgIpc) is 3.23. The number of rotatable bonds is 5. The standard InChI is InChI=1S/C22H29N3O6S/c1-14-6-5-7-17(15(14)2)25(11-16-8-9-18-19(10-16)31-13-30-18)32(28,29)20-12-23(3)22(27)24(4)21(20)26/h8-10,12,14-15,17H,5-7,11,13H2,1-4H3/t14-,15-,17+/m1/s1. The van der Waals surface area contributed by atoms with Crippen LogP contribution in [0.2, 0.25) is 0 Å². The van der Waals surface area contributed by atoms with Gasteiger partial charge in [-0.25, -0.2) is 13.2 Å². The molecule has 4 rings (SSSR count). The summed E-state index contributed by atoms with van der Waals surface area (Å²) >= 11 is 0. The number of sulfonamides is 1. The van der Waals surface area contributed by atoms with Crippen molar-refractivity contribution in [1.82, 2.24) is 13.4 Å². The summed E-state index contributed by atoms with van der Waals surface area (Å²) in [5.74, 6) is 1.66. The van der Waals surface area contributed by atoms with Gasteiger partial charge >= 0.3 is 5.69 Å². The molecule has 9 nitrogen and oxygen atoms in total. The Morgan fingerprint density at radius 3 is 2.56 bits per heavy atom. The van der Waals surface area contributed by atoms with Crippen LogP contribution in [-0.4, -0.2) is 34.7 Å². The Bertz CT molecular complexity index is 1250. The van der Waals surface area contributed by atoms with Gasteiger partial charge in [-0.15, -0.1) is 0 Å². The van der Waals surface area contributed by atoms with E-state index in [0.29, 0.717) is 23.8 Å². The summed E-state index contributed by atoms with van der Waals surface area (Å²) in [4.78, 5) is 24.6. The molecule has 2 aliphatic rings. The largest absolute Gasteiger partial charge is 0.454 e. The van der Waals surface area contributed by atoms with Crippen LogP contribution in [0.25, 0.3) is 0 Å². The summed E-state index contributed by atoms with van der Waals surface area (Å²) in [6.07, 6.45) is 3.79. The molecule has 3 atom stereocenters. The van der Waals surface area contributed by atoms with Gasteiger partial charge in [0.15, 0.2) is 16.4 Å². The normalized spacial score (nSPS) is 23.0. The van der Waals surface area contributed by atoms with E-state index >= 15 is 0 Å². The smallest absolute Gasteiger partial charge is 0.330 e. The minimum absolute atomic E-state index is 0.0900. The molecule has 0 unspecified atom stereocenters. The zero-order valence-electron chi connectivity index (χ0n) is 18.8. The van der Waals surface area contributed by atoms with Crippen molar-refractivity contribution >= 4 is 10.0 Å². The van der Waals surface area contributed by atoms with Crippen molar-refractivity contribution in [2.45, 2.75) is 50.6 Å². The molecule has 0 N–H and O–H groups in total. The highest BCUT2D eigenvalue weighted by Gasteiger charge is 2.40. The van der Waals surface area contributed by atoms with Gasteiger partial charge in [0.1, 0.15) is 0 Å². The summed E-state index contributed by atoms with van der Waals surface area (Å²) < 4.78 is 42.0. The molecule has 2 heterocycles. The third-order valence-electron chi connectivity index (χ3n) is 6.81. The van der Waals surface area contributed by atoms with Crippen LogP contribution in [0.5, 0.6) is 11.5 Å². The van der Waals surface area contributed by atoms with Crippen molar-refractivity contribution in [3.63, 3.8) is 0 Å². The first-order valence-corrected chi connectivity index (χ1v) is 12.2. The molecule has 1 saturated carbocycles. The number of hydrogen-bond donors (Lipinski definition) is 0. The Hall–Kier alpha value is -2.59. The van der Waals surface area contributed by atoms with Crippen LogP contribution in [0.1, 0.15) is 38.7 Å². The first-order chi connectivity index (χ1) is 15.1. The lowest BCUT2D eigenvalue weighted by Gasteiger charge is -2.40. The molecule has 1 aliphatic heterocycles.